The molecular weight excluding hydrogens is 278 g/mol. The average Bonchev–Trinajstić information content (AvgIpc) is 3.18. The fourth-order valence-corrected chi connectivity index (χ4v) is 3.30. The standard InChI is InChI=1S/C17H19N3O2/c1-21-15-3-2-4-16(7-15)22-17-6-14(8-18-10-17)20-11-12-5-13(20)9-19-12/h2-4,6-8,10,12-13,19H,5,9,11H2,1H3/t12-,13-/m1/s1. The Morgan fingerprint density at radius 1 is 1.18 bits per heavy atom. The number of hydrogen-bond donors (Lipinski definition) is 1. The number of rotatable bonds is 4. The predicted octanol–water partition coefficient (Wildman–Crippen LogP) is 2.43. The lowest BCUT2D eigenvalue weighted by Crippen LogP contribution is -2.43. The molecular formula is C17H19N3O2. The normalized spacial score (nSPS) is 22.9. The second-order valence-corrected chi connectivity index (χ2v) is 5.81. The van der Waals surface area contributed by atoms with Crippen molar-refractivity contribution < 1.29 is 9.47 Å². The van der Waals surface area contributed by atoms with Crippen LogP contribution in [0.15, 0.2) is 42.7 Å². The number of piperazine rings is 1. The molecule has 2 saturated heterocycles. The Bertz CT molecular complexity index is 676. The molecule has 5 heteroatoms. The number of nitrogens with one attached hydrogen (secondary N) is 1. The van der Waals surface area contributed by atoms with Crippen molar-refractivity contribution >= 4 is 5.69 Å². The van der Waals surface area contributed by atoms with Crippen LogP contribution in [0, 0.1) is 0 Å². The van der Waals surface area contributed by atoms with Crippen molar-refractivity contribution in [1.29, 1.82) is 0 Å². The van der Waals surface area contributed by atoms with Gasteiger partial charge in [-0.25, -0.2) is 0 Å². The number of nitrogens with zero attached hydrogens (tertiary/aromatic N) is 2. The molecule has 2 aliphatic rings. The molecule has 114 valence electrons. The lowest BCUT2D eigenvalue weighted by molar-refractivity contribution is 0.409. The van der Waals surface area contributed by atoms with E-state index >= 15 is 0 Å². The number of aromatic nitrogens is 1. The smallest absolute Gasteiger partial charge is 0.147 e. The molecule has 0 amide bonds. The lowest BCUT2D eigenvalue weighted by Gasteiger charge is -2.29. The van der Waals surface area contributed by atoms with E-state index in [-0.39, 0.29) is 0 Å². The Kier molecular flexibility index (Phi) is 3.35. The van der Waals surface area contributed by atoms with E-state index in [0.29, 0.717) is 12.1 Å². The molecule has 0 saturated carbocycles. The van der Waals surface area contributed by atoms with Gasteiger partial charge in [-0.3, -0.25) is 4.98 Å². The number of pyridine rings is 1. The molecule has 2 aromatic rings. The molecule has 5 nitrogen and oxygen atoms in total. The highest BCUT2D eigenvalue weighted by molar-refractivity contribution is 5.52. The van der Waals surface area contributed by atoms with Crippen molar-refractivity contribution in [3.8, 4) is 17.2 Å². The second-order valence-electron chi connectivity index (χ2n) is 5.81. The van der Waals surface area contributed by atoms with Crippen LogP contribution in [0.4, 0.5) is 5.69 Å². The highest BCUT2D eigenvalue weighted by atomic mass is 16.5. The van der Waals surface area contributed by atoms with Crippen LogP contribution in [-0.2, 0) is 0 Å². The van der Waals surface area contributed by atoms with Crippen molar-refractivity contribution in [2.24, 2.45) is 0 Å². The largest absolute Gasteiger partial charge is 0.497 e. The summed E-state index contributed by atoms with van der Waals surface area (Å²) in [5, 5.41) is 3.52. The minimum atomic E-state index is 0.582. The quantitative estimate of drug-likeness (QED) is 0.939. The zero-order valence-electron chi connectivity index (χ0n) is 12.5. The van der Waals surface area contributed by atoms with Crippen LogP contribution in [0.2, 0.25) is 0 Å². The van der Waals surface area contributed by atoms with Crippen LogP contribution < -0.4 is 19.7 Å². The van der Waals surface area contributed by atoms with Gasteiger partial charge in [0.25, 0.3) is 0 Å². The van der Waals surface area contributed by atoms with E-state index in [4.69, 9.17) is 9.47 Å². The molecule has 1 N–H and O–H groups in total. The monoisotopic (exact) mass is 297 g/mol. The summed E-state index contributed by atoms with van der Waals surface area (Å²) in [4.78, 5) is 6.76. The number of methoxy groups -OCH3 is 1. The maximum Gasteiger partial charge on any atom is 0.147 e. The van der Waals surface area contributed by atoms with Crippen molar-refractivity contribution in [1.82, 2.24) is 10.3 Å². The third-order valence-corrected chi connectivity index (χ3v) is 4.36. The third-order valence-electron chi connectivity index (χ3n) is 4.36. The number of hydrogen-bond acceptors (Lipinski definition) is 5. The molecule has 2 bridgehead atoms. The minimum absolute atomic E-state index is 0.582. The predicted molar refractivity (Wildman–Crippen MR) is 84.8 cm³/mol. The Morgan fingerprint density at radius 2 is 2.09 bits per heavy atom. The molecule has 1 aromatic heterocycles. The van der Waals surface area contributed by atoms with Crippen molar-refractivity contribution in [3.63, 3.8) is 0 Å². The summed E-state index contributed by atoms with van der Waals surface area (Å²) < 4.78 is 11.1. The maximum atomic E-state index is 5.92. The van der Waals surface area contributed by atoms with Crippen LogP contribution >= 0.6 is 0 Å². The molecule has 4 rings (SSSR count). The van der Waals surface area contributed by atoms with E-state index in [1.807, 2.05) is 30.5 Å². The summed E-state index contributed by atoms with van der Waals surface area (Å²) in [6.45, 7) is 2.11. The van der Waals surface area contributed by atoms with Gasteiger partial charge in [0.15, 0.2) is 0 Å². The number of anilines is 1. The van der Waals surface area contributed by atoms with E-state index in [1.165, 1.54) is 6.42 Å². The Labute approximate surface area is 129 Å². The van der Waals surface area contributed by atoms with Crippen LogP contribution in [0.25, 0.3) is 0 Å². The molecule has 2 fully saturated rings. The highest BCUT2D eigenvalue weighted by Crippen LogP contribution is 2.32. The summed E-state index contributed by atoms with van der Waals surface area (Å²) >= 11 is 0. The van der Waals surface area contributed by atoms with Crippen molar-refractivity contribution in [2.45, 2.75) is 18.5 Å². The van der Waals surface area contributed by atoms with Crippen LogP contribution in [0.1, 0.15) is 6.42 Å². The molecule has 2 atom stereocenters. The van der Waals surface area contributed by atoms with E-state index in [9.17, 15) is 0 Å². The van der Waals surface area contributed by atoms with Gasteiger partial charge >= 0.3 is 0 Å². The lowest BCUT2D eigenvalue weighted by atomic mass is 10.2. The fraction of sp³-hybridized carbons (Fsp3) is 0.353. The highest BCUT2D eigenvalue weighted by Gasteiger charge is 2.37. The first-order valence-electron chi connectivity index (χ1n) is 7.59. The molecule has 22 heavy (non-hydrogen) atoms. The Balaban J connectivity index is 1.54. The number of benzene rings is 1. The second kappa shape index (κ2) is 5.50. The zero-order chi connectivity index (χ0) is 14.9. The van der Waals surface area contributed by atoms with Crippen LogP contribution in [0.5, 0.6) is 17.2 Å². The number of ether oxygens (including phenoxy) is 2. The van der Waals surface area contributed by atoms with Gasteiger partial charge in [0.1, 0.15) is 17.2 Å². The molecule has 0 spiro atoms. The SMILES string of the molecule is COc1cccc(Oc2cncc(N3C[C@H]4C[C@@H]3CN4)c2)c1. The van der Waals surface area contributed by atoms with Gasteiger partial charge < -0.3 is 19.7 Å². The summed E-state index contributed by atoms with van der Waals surface area (Å²) in [6, 6.07) is 10.9. The van der Waals surface area contributed by atoms with E-state index < -0.39 is 0 Å². The summed E-state index contributed by atoms with van der Waals surface area (Å²) in [7, 11) is 1.65. The van der Waals surface area contributed by atoms with Gasteiger partial charge in [-0.15, -0.1) is 0 Å². The first-order valence-corrected chi connectivity index (χ1v) is 7.59. The molecule has 2 aliphatic heterocycles. The van der Waals surface area contributed by atoms with Gasteiger partial charge in [-0.2, -0.15) is 0 Å². The van der Waals surface area contributed by atoms with Gasteiger partial charge in [0.2, 0.25) is 0 Å². The van der Waals surface area contributed by atoms with Crippen LogP contribution in [-0.4, -0.2) is 37.3 Å². The van der Waals surface area contributed by atoms with Gasteiger partial charge in [-0.1, -0.05) is 6.07 Å². The topological polar surface area (TPSA) is 46.6 Å². The van der Waals surface area contributed by atoms with Crippen molar-refractivity contribution in [3.05, 3.63) is 42.7 Å². The van der Waals surface area contributed by atoms with E-state index in [1.54, 1.807) is 13.3 Å². The fourth-order valence-electron chi connectivity index (χ4n) is 3.30. The van der Waals surface area contributed by atoms with E-state index in [2.05, 4.69) is 21.3 Å². The first kappa shape index (κ1) is 13.4. The summed E-state index contributed by atoms with van der Waals surface area (Å²) in [5.41, 5.74) is 1.13. The molecule has 0 radical (unpaired) electrons. The van der Waals surface area contributed by atoms with Crippen LogP contribution in [0.3, 0.4) is 0 Å². The molecule has 0 aliphatic carbocycles. The number of fused-ring (bicyclic) bond motifs is 2. The van der Waals surface area contributed by atoms with Gasteiger partial charge in [-0.05, 0) is 18.6 Å². The minimum Gasteiger partial charge on any atom is -0.497 e. The molecule has 0 unspecified atom stereocenters. The Hall–Kier alpha value is -2.27. The van der Waals surface area contributed by atoms with Gasteiger partial charge in [0.05, 0.1) is 25.2 Å². The van der Waals surface area contributed by atoms with Gasteiger partial charge in [0, 0.05) is 37.3 Å². The average molecular weight is 297 g/mol. The first-order chi connectivity index (χ1) is 10.8. The Morgan fingerprint density at radius 3 is 2.86 bits per heavy atom. The van der Waals surface area contributed by atoms with E-state index in [0.717, 1.165) is 36.0 Å². The zero-order valence-corrected chi connectivity index (χ0v) is 12.5. The summed E-state index contributed by atoms with van der Waals surface area (Å²) in [5.74, 6) is 2.29. The third kappa shape index (κ3) is 2.48. The molecule has 3 heterocycles. The van der Waals surface area contributed by atoms with Crippen molar-refractivity contribution in [2.75, 3.05) is 25.1 Å². The maximum absolute atomic E-state index is 5.92. The molecule has 1 aromatic carbocycles. The summed E-state index contributed by atoms with van der Waals surface area (Å²) in [6.07, 6.45) is 4.88.